The minimum absolute atomic E-state index is 0.270. The van der Waals surface area contributed by atoms with Crippen molar-refractivity contribution in [3.05, 3.63) is 41.0 Å². The first-order valence-corrected chi connectivity index (χ1v) is 7.49. The molecule has 1 saturated carbocycles. The Balaban J connectivity index is 1.64. The Hall–Kier alpha value is -1.12. The number of hydrogen-bond donors (Lipinski definition) is 2. The largest absolute Gasteiger partial charge is 0.388 e. The van der Waals surface area contributed by atoms with Gasteiger partial charge in [0, 0.05) is 0 Å². The Morgan fingerprint density at radius 3 is 2.47 bits per heavy atom. The van der Waals surface area contributed by atoms with Crippen molar-refractivity contribution in [2.45, 2.75) is 38.2 Å². The van der Waals surface area contributed by atoms with Gasteiger partial charge in [-0.25, -0.2) is 0 Å². The van der Waals surface area contributed by atoms with Crippen LogP contribution in [0.2, 0.25) is 0 Å². The van der Waals surface area contributed by atoms with Crippen molar-refractivity contribution in [1.29, 1.82) is 0 Å². The van der Waals surface area contributed by atoms with Gasteiger partial charge in [0.2, 0.25) is 0 Å². The highest BCUT2D eigenvalue weighted by atomic mass is 16.3. The molecule has 0 radical (unpaired) electrons. The van der Waals surface area contributed by atoms with Gasteiger partial charge in [-0.2, -0.15) is 0 Å². The Kier molecular flexibility index (Phi) is 4.00. The molecule has 0 aromatic heterocycles. The highest BCUT2D eigenvalue weighted by molar-refractivity contribution is 5.53. The number of piperidine rings is 1. The van der Waals surface area contributed by atoms with E-state index in [0.717, 1.165) is 43.8 Å². The lowest BCUT2D eigenvalue weighted by Gasteiger charge is -2.15. The third kappa shape index (κ3) is 3.68. The van der Waals surface area contributed by atoms with Gasteiger partial charge < -0.3 is 10.4 Å². The van der Waals surface area contributed by atoms with Crippen LogP contribution in [0.1, 0.15) is 49.3 Å². The number of aliphatic hydroxyl groups is 1. The molecule has 1 aromatic rings. The molecule has 2 aliphatic rings. The summed E-state index contributed by atoms with van der Waals surface area (Å²) in [6, 6.07) is 8.45. The molecule has 2 fully saturated rings. The van der Waals surface area contributed by atoms with Crippen LogP contribution in [0.15, 0.2) is 29.8 Å². The maximum absolute atomic E-state index is 10.1. The topological polar surface area (TPSA) is 32.3 Å². The van der Waals surface area contributed by atoms with Gasteiger partial charge in [-0.15, -0.1) is 0 Å². The molecule has 0 spiro atoms. The summed E-state index contributed by atoms with van der Waals surface area (Å²) in [5, 5.41) is 13.5. The fraction of sp³-hybridized carbons (Fsp3) is 0.529. The average molecular weight is 257 g/mol. The maximum atomic E-state index is 10.1. The fourth-order valence-electron chi connectivity index (χ4n) is 2.75. The summed E-state index contributed by atoms with van der Waals surface area (Å²) < 4.78 is 0. The first-order valence-electron chi connectivity index (χ1n) is 7.49. The second kappa shape index (κ2) is 5.89. The van der Waals surface area contributed by atoms with E-state index in [4.69, 9.17) is 0 Å². The fourth-order valence-corrected chi connectivity index (χ4v) is 2.75. The van der Waals surface area contributed by atoms with Crippen LogP contribution in [-0.2, 0) is 0 Å². The summed E-state index contributed by atoms with van der Waals surface area (Å²) in [6.07, 6.45) is 7.89. The summed E-state index contributed by atoms with van der Waals surface area (Å²) in [7, 11) is 0. The maximum Gasteiger partial charge on any atom is 0.0792 e. The molecular formula is C17H23NO. The molecule has 1 saturated heterocycles. The SMILES string of the molecule is OC(CC1CC1)c1ccc(C=C2CCNCC2)cc1. The van der Waals surface area contributed by atoms with Crippen LogP contribution in [0.25, 0.3) is 6.08 Å². The molecule has 1 aliphatic heterocycles. The zero-order valence-corrected chi connectivity index (χ0v) is 11.4. The first-order chi connectivity index (χ1) is 9.31. The summed E-state index contributed by atoms with van der Waals surface area (Å²) >= 11 is 0. The molecule has 1 heterocycles. The van der Waals surface area contributed by atoms with Crippen molar-refractivity contribution in [2.75, 3.05) is 13.1 Å². The van der Waals surface area contributed by atoms with E-state index in [2.05, 4.69) is 35.7 Å². The zero-order valence-electron chi connectivity index (χ0n) is 11.4. The average Bonchev–Trinajstić information content (AvgIpc) is 3.25. The van der Waals surface area contributed by atoms with E-state index in [9.17, 15) is 5.11 Å². The summed E-state index contributed by atoms with van der Waals surface area (Å²) in [5.41, 5.74) is 3.86. The van der Waals surface area contributed by atoms with Gasteiger partial charge in [-0.1, -0.05) is 48.8 Å². The third-order valence-electron chi connectivity index (χ3n) is 4.19. The van der Waals surface area contributed by atoms with Gasteiger partial charge in [0.25, 0.3) is 0 Å². The molecule has 19 heavy (non-hydrogen) atoms. The van der Waals surface area contributed by atoms with Crippen LogP contribution in [-0.4, -0.2) is 18.2 Å². The van der Waals surface area contributed by atoms with E-state index in [1.165, 1.54) is 24.0 Å². The van der Waals surface area contributed by atoms with Gasteiger partial charge >= 0.3 is 0 Å². The Bertz CT molecular complexity index is 437. The minimum atomic E-state index is -0.270. The van der Waals surface area contributed by atoms with Crippen molar-refractivity contribution >= 4 is 6.08 Å². The predicted octanol–water partition coefficient (Wildman–Crippen LogP) is 3.29. The standard InChI is InChI=1S/C17H23NO/c19-17(12-14-1-2-14)16-5-3-13(4-6-16)11-15-7-9-18-10-8-15/h3-6,11,14,17-19H,1-2,7-10,12H2. The second-order valence-electron chi connectivity index (χ2n) is 5.91. The minimum Gasteiger partial charge on any atom is -0.388 e. The van der Waals surface area contributed by atoms with Crippen LogP contribution < -0.4 is 5.32 Å². The van der Waals surface area contributed by atoms with E-state index in [1.54, 1.807) is 0 Å². The molecule has 1 atom stereocenters. The number of hydrogen-bond acceptors (Lipinski definition) is 2. The van der Waals surface area contributed by atoms with Gasteiger partial charge in [0.05, 0.1) is 6.10 Å². The summed E-state index contributed by atoms with van der Waals surface area (Å²) in [4.78, 5) is 0. The molecule has 1 aliphatic carbocycles. The molecule has 1 aromatic carbocycles. The Morgan fingerprint density at radius 1 is 1.16 bits per heavy atom. The van der Waals surface area contributed by atoms with Crippen LogP contribution in [0.5, 0.6) is 0 Å². The van der Waals surface area contributed by atoms with E-state index >= 15 is 0 Å². The third-order valence-corrected chi connectivity index (χ3v) is 4.19. The lowest BCUT2D eigenvalue weighted by atomic mass is 9.99. The van der Waals surface area contributed by atoms with Crippen molar-refractivity contribution in [3.8, 4) is 0 Å². The summed E-state index contributed by atoms with van der Waals surface area (Å²) in [6.45, 7) is 2.20. The first kappa shape index (κ1) is 12.9. The van der Waals surface area contributed by atoms with Crippen molar-refractivity contribution in [2.24, 2.45) is 5.92 Å². The molecule has 0 bridgehead atoms. The van der Waals surface area contributed by atoms with Crippen LogP contribution in [0.4, 0.5) is 0 Å². The van der Waals surface area contributed by atoms with Crippen LogP contribution in [0.3, 0.4) is 0 Å². The van der Waals surface area contributed by atoms with Gasteiger partial charge in [-0.05, 0) is 49.4 Å². The Labute approximate surface area is 115 Å². The van der Waals surface area contributed by atoms with Gasteiger partial charge in [0.1, 0.15) is 0 Å². The molecule has 3 rings (SSSR count). The molecule has 2 N–H and O–H groups in total. The number of rotatable bonds is 4. The molecular weight excluding hydrogens is 234 g/mol. The second-order valence-corrected chi connectivity index (χ2v) is 5.91. The van der Waals surface area contributed by atoms with Gasteiger partial charge in [0.15, 0.2) is 0 Å². The zero-order chi connectivity index (χ0) is 13.1. The Morgan fingerprint density at radius 2 is 1.84 bits per heavy atom. The van der Waals surface area contributed by atoms with E-state index in [1.807, 2.05) is 0 Å². The van der Waals surface area contributed by atoms with E-state index < -0.39 is 0 Å². The monoisotopic (exact) mass is 257 g/mol. The van der Waals surface area contributed by atoms with Crippen LogP contribution in [0, 0.1) is 5.92 Å². The predicted molar refractivity (Wildman–Crippen MR) is 78.8 cm³/mol. The quantitative estimate of drug-likeness (QED) is 0.867. The molecule has 2 heteroatoms. The van der Waals surface area contributed by atoms with Crippen molar-refractivity contribution < 1.29 is 5.11 Å². The number of aliphatic hydroxyl groups excluding tert-OH is 1. The smallest absolute Gasteiger partial charge is 0.0792 e. The normalized spacial score (nSPS) is 21.2. The number of benzene rings is 1. The van der Waals surface area contributed by atoms with Crippen molar-refractivity contribution in [3.63, 3.8) is 0 Å². The molecule has 2 nitrogen and oxygen atoms in total. The van der Waals surface area contributed by atoms with E-state index in [-0.39, 0.29) is 6.10 Å². The molecule has 0 amide bonds. The van der Waals surface area contributed by atoms with Gasteiger partial charge in [-0.3, -0.25) is 0 Å². The highest BCUT2D eigenvalue weighted by Crippen LogP contribution is 2.37. The lowest BCUT2D eigenvalue weighted by Crippen LogP contribution is -2.22. The van der Waals surface area contributed by atoms with Crippen LogP contribution >= 0.6 is 0 Å². The van der Waals surface area contributed by atoms with E-state index in [0.29, 0.717) is 0 Å². The number of nitrogens with one attached hydrogen (secondary N) is 1. The molecule has 1 unspecified atom stereocenters. The lowest BCUT2D eigenvalue weighted by molar-refractivity contribution is 0.160. The highest BCUT2D eigenvalue weighted by Gasteiger charge is 2.25. The molecule has 102 valence electrons. The van der Waals surface area contributed by atoms with Crippen molar-refractivity contribution in [1.82, 2.24) is 5.32 Å². The summed E-state index contributed by atoms with van der Waals surface area (Å²) in [5.74, 6) is 0.770.